The number of hydrogen-bond donors (Lipinski definition) is 1. The van der Waals surface area contributed by atoms with Gasteiger partial charge in [-0.3, -0.25) is 4.79 Å². The molecule has 0 rings (SSSR count). The summed E-state index contributed by atoms with van der Waals surface area (Å²) in [6.07, 6.45) is 4.96. The van der Waals surface area contributed by atoms with E-state index < -0.39 is 8.53 Å². The van der Waals surface area contributed by atoms with Crippen LogP contribution in [0.15, 0.2) is 0 Å². The number of ether oxygens (including phenoxy) is 2. The lowest BCUT2D eigenvalue weighted by molar-refractivity contribution is -0.140. The molecule has 0 aromatic rings. The second-order valence-electron chi connectivity index (χ2n) is 8.02. The Balaban J connectivity index is 4.05. The molecule has 0 aromatic heterocycles. The zero-order valence-electron chi connectivity index (χ0n) is 21.1. The minimum absolute atomic E-state index is 0.0863. The van der Waals surface area contributed by atoms with E-state index >= 15 is 0 Å². The number of hydrogen-bond acceptors (Lipinski definition) is 7. The Hall–Kier alpha value is -0.810. The Morgan fingerprint density at radius 1 is 0.969 bits per heavy atom. The van der Waals surface area contributed by atoms with Gasteiger partial charge < -0.3 is 23.8 Å². The molecule has 0 spiro atoms. The molecule has 0 saturated carbocycles. The number of carbonyl (C=O) groups excluding carboxylic acids is 1. The van der Waals surface area contributed by atoms with Gasteiger partial charge in [0.1, 0.15) is 0 Å². The van der Waals surface area contributed by atoms with Crippen LogP contribution in [0.5, 0.6) is 0 Å². The number of nitriles is 1. The summed E-state index contributed by atoms with van der Waals surface area (Å²) in [5.41, 5.74) is 0. The number of rotatable bonds is 21. The van der Waals surface area contributed by atoms with Gasteiger partial charge in [-0.1, -0.05) is 6.42 Å². The van der Waals surface area contributed by atoms with Gasteiger partial charge in [0.2, 0.25) is 5.91 Å². The van der Waals surface area contributed by atoms with Gasteiger partial charge in [0.25, 0.3) is 8.53 Å². The highest BCUT2D eigenvalue weighted by molar-refractivity contribution is 7.44. The number of carbonyl (C=O) groups is 1. The van der Waals surface area contributed by atoms with Crippen molar-refractivity contribution < 1.29 is 23.3 Å². The minimum atomic E-state index is -1.19. The Morgan fingerprint density at radius 2 is 1.59 bits per heavy atom. The van der Waals surface area contributed by atoms with Crippen LogP contribution < -0.4 is 5.32 Å². The average molecular weight is 476 g/mol. The van der Waals surface area contributed by atoms with Crippen LogP contribution in [-0.4, -0.2) is 61.9 Å². The summed E-state index contributed by atoms with van der Waals surface area (Å²) < 4.78 is 25.2. The molecule has 0 aliphatic rings. The van der Waals surface area contributed by atoms with Crippen LogP contribution in [0.1, 0.15) is 86.5 Å². The lowest BCUT2D eigenvalue weighted by Crippen LogP contribution is -2.33. The van der Waals surface area contributed by atoms with Crippen LogP contribution >= 0.6 is 8.53 Å². The molecule has 0 heterocycles. The molecule has 0 radical (unpaired) electrons. The van der Waals surface area contributed by atoms with Crippen molar-refractivity contribution in [3.63, 3.8) is 0 Å². The van der Waals surface area contributed by atoms with Crippen molar-refractivity contribution in [3.8, 4) is 6.07 Å². The standard InChI is InChI=1S/C23H46N3O5P/c1-7-28-23(29-8-2)15-12-17-25-22(27)14-10-9-11-18-30-32(31-19-13-16-24)26(20(3)4)21(5)6/h20-21,23H,7-15,17-19H2,1-6H3,(H,25,27). The fourth-order valence-corrected chi connectivity index (χ4v) is 4.82. The summed E-state index contributed by atoms with van der Waals surface area (Å²) in [6.45, 7) is 15.3. The van der Waals surface area contributed by atoms with Crippen molar-refractivity contribution in [2.24, 2.45) is 0 Å². The van der Waals surface area contributed by atoms with E-state index in [2.05, 4.69) is 43.8 Å². The van der Waals surface area contributed by atoms with Gasteiger partial charge in [-0.25, -0.2) is 4.67 Å². The molecule has 0 aliphatic heterocycles. The summed E-state index contributed by atoms with van der Waals surface area (Å²) >= 11 is 0. The van der Waals surface area contributed by atoms with Crippen molar-refractivity contribution in [2.75, 3.05) is 33.0 Å². The number of nitrogens with one attached hydrogen (secondary N) is 1. The molecule has 9 heteroatoms. The second-order valence-corrected chi connectivity index (χ2v) is 9.48. The quantitative estimate of drug-likeness (QED) is 0.140. The van der Waals surface area contributed by atoms with E-state index in [1.165, 1.54) is 0 Å². The maximum Gasteiger partial charge on any atom is 0.259 e. The number of nitrogens with zero attached hydrogens (tertiary/aromatic N) is 2. The van der Waals surface area contributed by atoms with E-state index in [0.717, 1.165) is 32.1 Å². The van der Waals surface area contributed by atoms with Crippen LogP contribution in [0.2, 0.25) is 0 Å². The lowest BCUT2D eigenvalue weighted by Gasteiger charge is -2.35. The van der Waals surface area contributed by atoms with Crippen LogP contribution in [0.3, 0.4) is 0 Å². The maximum absolute atomic E-state index is 12.0. The van der Waals surface area contributed by atoms with Crippen LogP contribution in [0.25, 0.3) is 0 Å². The summed E-state index contributed by atoms with van der Waals surface area (Å²) in [5, 5.41) is 11.7. The van der Waals surface area contributed by atoms with Gasteiger partial charge in [0.15, 0.2) is 6.29 Å². The fourth-order valence-electron chi connectivity index (χ4n) is 3.19. The minimum Gasteiger partial charge on any atom is -0.356 e. The zero-order chi connectivity index (χ0) is 24.2. The molecule has 32 heavy (non-hydrogen) atoms. The van der Waals surface area contributed by atoms with Crippen molar-refractivity contribution in [3.05, 3.63) is 0 Å². The first-order chi connectivity index (χ1) is 15.4. The second kappa shape index (κ2) is 20.8. The van der Waals surface area contributed by atoms with Crippen LogP contribution in [0, 0.1) is 11.3 Å². The topological polar surface area (TPSA) is 93.1 Å². The van der Waals surface area contributed by atoms with Gasteiger partial charge in [0.05, 0.1) is 25.7 Å². The number of unbranched alkanes of at least 4 members (excludes halogenated alkanes) is 2. The Labute approximate surface area is 197 Å². The summed E-state index contributed by atoms with van der Waals surface area (Å²) in [7, 11) is -1.19. The van der Waals surface area contributed by atoms with Gasteiger partial charge in [0, 0.05) is 44.7 Å². The molecule has 1 amide bonds. The third-order valence-corrected chi connectivity index (χ3v) is 6.66. The van der Waals surface area contributed by atoms with Crippen LogP contribution in [0.4, 0.5) is 0 Å². The predicted octanol–water partition coefficient (Wildman–Crippen LogP) is 5.13. The van der Waals surface area contributed by atoms with E-state index in [1.807, 2.05) is 13.8 Å². The van der Waals surface area contributed by atoms with Gasteiger partial charge >= 0.3 is 0 Å². The third-order valence-electron chi connectivity index (χ3n) is 4.56. The number of amides is 1. The summed E-state index contributed by atoms with van der Waals surface area (Å²) in [5.74, 6) is 0.0863. The molecule has 0 aliphatic carbocycles. The first kappa shape index (κ1) is 31.2. The fraction of sp³-hybridized carbons (Fsp3) is 0.913. The molecule has 1 unspecified atom stereocenters. The van der Waals surface area contributed by atoms with Crippen LogP contribution in [-0.2, 0) is 23.3 Å². The highest BCUT2D eigenvalue weighted by Gasteiger charge is 2.26. The van der Waals surface area contributed by atoms with Crippen molar-refractivity contribution in [2.45, 2.75) is 105 Å². The van der Waals surface area contributed by atoms with Gasteiger partial charge in [-0.05, 0) is 60.8 Å². The van der Waals surface area contributed by atoms with E-state index in [-0.39, 0.29) is 12.2 Å². The van der Waals surface area contributed by atoms with Crippen molar-refractivity contribution in [1.29, 1.82) is 5.26 Å². The normalized spacial score (nSPS) is 12.7. The van der Waals surface area contributed by atoms with E-state index in [0.29, 0.717) is 57.9 Å². The Kier molecular flexibility index (Phi) is 20.2. The molecule has 0 bridgehead atoms. The highest BCUT2D eigenvalue weighted by atomic mass is 31.2. The molecule has 1 N–H and O–H groups in total. The molecule has 0 fully saturated rings. The van der Waals surface area contributed by atoms with Crippen molar-refractivity contribution >= 4 is 14.4 Å². The molecule has 0 saturated heterocycles. The lowest BCUT2D eigenvalue weighted by atomic mass is 10.2. The van der Waals surface area contributed by atoms with E-state index in [4.69, 9.17) is 23.8 Å². The first-order valence-electron chi connectivity index (χ1n) is 12.1. The molecule has 8 nitrogen and oxygen atoms in total. The maximum atomic E-state index is 12.0. The Morgan fingerprint density at radius 3 is 2.16 bits per heavy atom. The van der Waals surface area contributed by atoms with Crippen molar-refractivity contribution in [1.82, 2.24) is 9.99 Å². The summed E-state index contributed by atoms with van der Waals surface area (Å²) in [4.78, 5) is 12.0. The monoisotopic (exact) mass is 475 g/mol. The first-order valence-corrected chi connectivity index (χ1v) is 13.2. The molecular formula is C23H46N3O5P. The molecular weight excluding hydrogens is 429 g/mol. The average Bonchev–Trinajstić information content (AvgIpc) is 2.73. The Bertz CT molecular complexity index is 489. The molecule has 0 aromatic carbocycles. The zero-order valence-corrected chi connectivity index (χ0v) is 22.0. The summed E-state index contributed by atoms with van der Waals surface area (Å²) in [6, 6.07) is 2.70. The van der Waals surface area contributed by atoms with E-state index in [1.54, 1.807) is 0 Å². The van der Waals surface area contributed by atoms with E-state index in [9.17, 15) is 4.79 Å². The molecule has 188 valence electrons. The largest absolute Gasteiger partial charge is 0.356 e. The SMILES string of the molecule is CCOC(CCCNC(=O)CCCCCOP(OCCC#N)N(C(C)C)C(C)C)OCC. The highest BCUT2D eigenvalue weighted by Crippen LogP contribution is 2.46. The molecule has 1 atom stereocenters. The third kappa shape index (κ3) is 15.9. The smallest absolute Gasteiger partial charge is 0.259 e. The van der Waals surface area contributed by atoms with Gasteiger partial charge in [-0.2, -0.15) is 5.26 Å². The predicted molar refractivity (Wildman–Crippen MR) is 129 cm³/mol. The van der Waals surface area contributed by atoms with Gasteiger partial charge in [-0.15, -0.1) is 0 Å².